The van der Waals surface area contributed by atoms with Crippen molar-refractivity contribution in [2.75, 3.05) is 13.2 Å². The van der Waals surface area contributed by atoms with Gasteiger partial charge in [-0.2, -0.15) is 4.31 Å². The Morgan fingerprint density at radius 1 is 1.44 bits per heavy atom. The number of nitrogens with zero attached hydrogens (tertiary/aromatic N) is 1. The molecular formula is C11H14BrNO3S2. The van der Waals surface area contributed by atoms with Crippen LogP contribution in [0.15, 0.2) is 20.1 Å². The van der Waals surface area contributed by atoms with Gasteiger partial charge in [0.1, 0.15) is 4.21 Å². The molecule has 3 rings (SSSR count). The molecule has 0 spiro atoms. The summed E-state index contributed by atoms with van der Waals surface area (Å²) in [6.45, 7) is 0.969. The number of ether oxygens (including phenoxy) is 1. The summed E-state index contributed by atoms with van der Waals surface area (Å²) in [5.41, 5.74) is 0. The lowest BCUT2D eigenvalue weighted by Crippen LogP contribution is -2.50. The van der Waals surface area contributed by atoms with Gasteiger partial charge in [0.2, 0.25) is 0 Å². The van der Waals surface area contributed by atoms with Gasteiger partial charge in [0, 0.05) is 11.0 Å². The number of rotatable bonds is 2. The Kier molecular flexibility index (Phi) is 3.53. The maximum Gasteiger partial charge on any atom is 0.254 e. The van der Waals surface area contributed by atoms with Crippen LogP contribution in [0.4, 0.5) is 0 Å². The fourth-order valence-corrected chi connectivity index (χ4v) is 6.85. The molecule has 100 valence electrons. The quantitative estimate of drug-likeness (QED) is 0.822. The van der Waals surface area contributed by atoms with E-state index in [2.05, 4.69) is 15.9 Å². The highest BCUT2D eigenvalue weighted by Gasteiger charge is 2.43. The zero-order valence-corrected chi connectivity index (χ0v) is 12.9. The van der Waals surface area contributed by atoms with Crippen molar-refractivity contribution in [3.63, 3.8) is 0 Å². The molecule has 1 aromatic heterocycles. The van der Waals surface area contributed by atoms with Crippen molar-refractivity contribution in [3.05, 3.63) is 15.9 Å². The summed E-state index contributed by atoms with van der Waals surface area (Å²) in [6.07, 6.45) is 3.02. The number of hydrogen-bond acceptors (Lipinski definition) is 4. The first-order valence-corrected chi connectivity index (χ1v) is 9.08. The minimum absolute atomic E-state index is 0.0257. The maximum atomic E-state index is 12.7. The molecule has 1 aliphatic heterocycles. The second-order valence-corrected chi connectivity index (χ2v) is 8.44. The number of hydrogen-bond donors (Lipinski definition) is 0. The van der Waals surface area contributed by atoms with Gasteiger partial charge < -0.3 is 4.74 Å². The van der Waals surface area contributed by atoms with Crippen LogP contribution < -0.4 is 0 Å². The third kappa shape index (κ3) is 2.06. The predicted molar refractivity (Wildman–Crippen MR) is 73.3 cm³/mol. The van der Waals surface area contributed by atoms with E-state index in [0.717, 1.165) is 19.3 Å². The molecule has 0 aromatic carbocycles. The minimum atomic E-state index is -3.38. The van der Waals surface area contributed by atoms with E-state index in [1.165, 1.54) is 11.3 Å². The monoisotopic (exact) mass is 351 g/mol. The first-order chi connectivity index (χ1) is 8.60. The van der Waals surface area contributed by atoms with Gasteiger partial charge in [-0.1, -0.05) is 0 Å². The predicted octanol–water partition coefficient (Wildman–Crippen LogP) is 2.45. The van der Waals surface area contributed by atoms with Crippen LogP contribution in [0.1, 0.15) is 19.3 Å². The average Bonchev–Trinajstić information content (AvgIpc) is 2.96. The Morgan fingerprint density at radius 3 is 3.00 bits per heavy atom. The molecule has 1 aromatic rings. The summed E-state index contributed by atoms with van der Waals surface area (Å²) >= 11 is 4.58. The topological polar surface area (TPSA) is 46.6 Å². The summed E-state index contributed by atoms with van der Waals surface area (Å²) in [7, 11) is -3.38. The smallest absolute Gasteiger partial charge is 0.254 e. The van der Waals surface area contributed by atoms with Gasteiger partial charge in [0.15, 0.2) is 0 Å². The Labute approximate surface area is 119 Å². The Balaban J connectivity index is 1.96. The Bertz CT molecular complexity index is 542. The number of morpholine rings is 1. The average molecular weight is 352 g/mol. The summed E-state index contributed by atoms with van der Waals surface area (Å²) < 4.78 is 33.7. The van der Waals surface area contributed by atoms with Crippen molar-refractivity contribution >= 4 is 37.3 Å². The molecule has 2 unspecified atom stereocenters. The lowest BCUT2D eigenvalue weighted by atomic mass is 10.2. The summed E-state index contributed by atoms with van der Waals surface area (Å²) in [6, 6.07) is 1.81. The molecule has 7 heteroatoms. The molecule has 0 bridgehead atoms. The van der Waals surface area contributed by atoms with E-state index in [1.807, 2.05) is 0 Å². The van der Waals surface area contributed by atoms with Gasteiger partial charge in [0.25, 0.3) is 10.0 Å². The summed E-state index contributed by atoms with van der Waals surface area (Å²) in [4.78, 5) is 0. The van der Waals surface area contributed by atoms with Crippen molar-refractivity contribution in [2.45, 2.75) is 35.6 Å². The van der Waals surface area contributed by atoms with Crippen molar-refractivity contribution in [2.24, 2.45) is 0 Å². The van der Waals surface area contributed by atoms with Gasteiger partial charge in [-0.3, -0.25) is 0 Å². The van der Waals surface area contributed by atoms with Crippen molar-refractivity contribution < 1.29 is 13.2 Å². The fourth-order valence-electron chi connectivity index (χ4n) is 2.76. The van der Waals surface area contributed by atoms with E-state index in [0.29, 0.717) is 21.8 Å². The number of fused-ring (bicyclic) bond motifs is 1. The highest BCUT2D eigenvalue weighted by atomic mass is 79.9. The summed E-state index contributed by atoms with van der Waals surface area (Å²) in [5, 5.41) is 1.80. The number of sulfonamides is 1. The lowest BCUT2D eigenvalue weighted by molar-refractivity contribution is -0.0241. The molecule has 2 aliphatic rings. The molecule has 1 saturated heterocycles. The molecule has 0 radical (unpaired) electrons. The van der Waals surface area contributed by atoms with Crippen molar-refractivity contribution in [1.29, 1.82) is 0 Å². The van der Waals surface area contributed by atoms with Crippen LogP contribution in [0.25, 0.3) is 0 Å². The number of halogens is 1. The second-order valence-electron chi connectivity index (χ2n) is 4.58. The van der Waals surface area contributed by atoms with E-state index in [4.69, 9.17) is 4.74 Å². The highest BCUT2D eigenvalue weighted by Crippen LogP contribution is 2.37. The first kappa shape index (κ1) is 13.1. The molecule has 2 heterocycles. The zero-order chi connectivity index (χ0) is 12.8. The van der Waals surface area contributed by atoms with Crippen LogP contribution in [-0.4, -0.2) is 38.0 Å². The standard InChI is InChI=1S/C11H14BrNO3S2/c12-8-4-7-17-11(8)18(14,15)13-5-6-16-10-3-1-2-9(10)13/h4,7,9-10H,1-3,5-6H2. The molecule has 2 atom stereocenters. The molecule has 4 nitrogen and oxygen atoms in total. The fraction of sp³-hybridized carbons (Fsp3) is 0.636. The van der Waals surface area contributed by atoms with Crippen LogP contribution in [0.5, 0.6) is 0 Å². The molecule has 1 saturated carbocycles. The Morgan fingerprint density at radius 2 is 2.28 bits per heavy atom. The SMILES string of the molecule is O=S(=O)(c1sccc1Br)N1CCOC2CCCC21. The van der Waals surface area contributed by atoms with Crippen LogP contribution in [0.2, 0.25) is 0 Å². The van der Waals surface area contributed by atoms with Gasteiger partial charge in [-0.05, 0) is 46.6 Å². The van der Waals surface area contributed by atoms with E-state index in [1.54, 1.807) is 15.8 Å². The molecule has 2 fully saturated rings. The van der Waals surface area contributed by atoms with Crippen LogP contribution in [-0.2, 0) is 14.8 Å². The van der Waals surface area contributed by atoms with Crippen LogP contribution in [0, 0.1) is 0 Å². The van der Waals surface area contributed by atoms with Gasteiger partial charge in [-0.15, -0.1) is 11.3 Å². The summed E-state index contributed by atoms with van der Waals surface area (Å²) in [5.74, 6) is 0. The van der Waals surface area contributed by atoms with E-state index in [-0.39, 0.29) is 12.1 Å². The molecular weight excluding hydrogens is 338 g/mol. The van der Waals surface area contributed by atoms with E-state index >= 15 is 0 Å². The zero-order valence-electron chi connectivity index (χ0n) is 9.71. The van der Waals surface area contributed by atoms with E-state index < -0.39 is 10.0 Å². The second kappa shape index (κ2) is 4.86. The number of thiophene rings is 1. The first-order valence-electron chi connectivity index (χ1n) is 5.97. The third-order valence-corrected chi connectivity index (χ3v) is 8.13. The normalized spacial score (nSPS) is 29.4. The molecule has 0 amide bonds. The van der Waals surface area contributed by atoms with Crippen molar-refractivity contribution in [1.82, 2.24) is 4.31 Å². The van der Waals surface area contributed by atoms with E-state index in [9.17, 15) is 8.42 Å². The minimum Gasteiger partial charge on any atom is -0.375 e. The largest absolute Gasteiger partial charge is 0.375 e. The third-order valence-electron chi connectivity index (χ3n) is 3.56. The van der Waals surface area contributed by atoms with Gasteiger partial charge in [-0.25, -0.2) is 8.42 Å². The highest BCUT2D eigenvalue weighted by molar-refractivity contribution is 9.10. The lowest BCUT2D eigenvalue weighted by Gasteiger charge is -2.36. The molecule has 18 heavy (non-hydrogen) atoms. The van der Waals surface area contributed by atoms with Gasteiger partial charge in [0.05, 0.1) is 18.8 Å². The van der Waals surface area contributed by atoms with Crippen molar-refractivity contribution in [3.8, 4) is 0 Å². The molecule has 0 N–H and O–H groups in total. The molecule has 1 aliphatic carbocycles. The van der Waals surface area contributed by atoms with Crippen LogP contribution in [0.3, 0.4) is 0 Å². The maximum absolute atomic E-state index is 12.7. The van der Waals surface area contributed by atoms with Gasteiger partial charge >= 0.3 is 0 Å². The Hall–Kier alpha value is 0.0500. The van der Waals surface area contributed by atoms with Crippen LogP contribution >= 0.6 is 27.3 Å².